The molecule has 128 valence electrons. The van der Waals surface area contributed by atoms with Gasteiger partial charge in [0.15, 0.2) is 0 Å². The highest BCUT2D eigenvalue weighted by molar-refractivity contribution is 5.25. The van der Waals surface area contributed by atoms with Gasteiger partial charge in [-0.2, -0.15) is 5.10 Å². The molecule has 1 saturated carbocycles. The number of rotatable bonds is 4. The van der Waals surface area contributed by atoms with Crippen LogP contribution in [0.15, 0.2) is 31.0 Å². The number of hydrogen-bond donors (Lipinski definition) is 1. The highest BCUT2D eigenvalue weighted by atomic mass is 16.5. The van der Waals surface area contributed by atoms with E-state index in [-0.39, 0.29) is 12.1 Å². The Kier molecular flexibility index (Phi) is 4.20. The molecule has 0 spiro atoms. The zero-order chi connectivity index (χ0) is 16.5. The molecular formula is C17H23N5O2. The van der Waals surface area contributed by atoms with Crippen LogP contribution in [-0.2, 0) is 6.54 Å². The Bertz CT molecular complexity index is 677. The zero-order valence-corrected chi connectivity index (χ0v) is 13.8. The largest absolute Gasteiger partial charge is 0.481 e. The molecule has 7 nitrogen and oxygen atoms in total. The van der Waals surface area contributed by atoms with Gasteiger partial charge in [0.25, 0.3) is 0 Å². The Labute approximate surface area is 141 Å². The molecule has 2 aromatic rings. The standard InChI is InChI=1S/C17H23N5O2/c1-24-17-12(3-2-4-19-17)7-21-8-13-5-15(22-11-18-10-20-22)16(23)6-14(13)9-21/h2-4,10-11,13-16,23H,5-9H2,1H3/t13-,14+,15-,16-/m1/s1. The number of pyridine rings is 1. The minimum Gasteiger partial charge on any atom is -0.481 e. The first kappa shape index (κ1) is 15.5. The van der Waals surface area contributed by atoms with Gasteiger partial charge in [0.2, 0.25) is 5.88 Å². The molecule has 2 fully saturated rings. The predicted octanol–water partition coefficient (Wildman–Crippen LogP) is 1.13. The van der Waals surface area contributed by atoms with E-state index in [1.165, 1.54) is 6.33 Å². The summed E-state index contributed by atoms with van der Waals surface area (Å²) in [5.74, 6) is 1.83. The van der Waals surface area contributed by atoms with Gasteiger partial charge < -0.3 is 9.84 Å². The van der Waals surface area contributed by atoms with Gasteiger partial charge in [0.1, 0.15) is 12.7 Å². The molecule has 2 aliphatic rings. The maximum atomic E-state index is 10.5. The van der Waals surface area contributed by atoms with E-state index in [0.29, 0.717) is 17.7 Å². The molecule has 2 aromatic heterocycles. The van der Waals surface area contributed by atoms with Crippen LogP contribution in [0.4, 0.5) is 0 Å². The first-order valence-corrected chi connectivity index (χ1v) is 8.47. The summed E-state index contributed by atoms with van der Waals surface area (Å²) in [5, 5.41) is 14.7. The van der Waals surface area contributed by atoms with Gasteiger partial charge in [-0.3, -0.25) is 4.90 Å². The van der Waals surface area contributed by atoms with Gasteiger partial charge >= 0.3 is 0 Å². The SMILES string of the molecule is COc1ncccc1CN1C[C@H]2C[C@@H](n3cncn3)[C@H](O)C[C@H]2C1. The Morgan fingerprint density at radius 2 is 2.12 bits per heavy atom. The molecule has 0 amide bonds. The van der Waals surface area contributed by atoms with Crippen LogP contribution < -0.4 is 4.74 Å². The molecule has 0 unspecified atom stereocenters. The molecule has 0 radical (unpaired) electrons. The zero-order valence-electron chi connectivity index (χ0n) is 13.8. The van der Waals surface area contributed by atoms with Crippen molar-refractivity contribution in [1.29, 1.82) is 0 Å². The summed E-state index contributed by atoms with van der Waals surface area (Å²) in [4.78, 5) is 10.7. The maximum absolute atomic E-state index is 10.5. The minimum absolute atomic E-state index is 0.0432. The summed E-state index contributed by atoms with van der Waals surface area (Å²) in [6, 6.07) is 4.06. The normalized spacial score (nSPS) is 30.2. The summed E-state index contributed by atoms with van der Waals surface area (Å²) in [5.41, 5.74) is 1.12. The fourth-order valence-corrected chi connectivity index (χ4v) is 4.28. The Morgan fingerprint density at radius 1 is 1.29 bits per heavy atom. The second kappa shape index (κ2) is 6.49. The van der Waals surface area contributed by atoms with Crippen LogP contribution in [0.2, 0.25) is 0 Å². The Hall–Kier alpha value is -1.99. The van der Waals surface area contributed by atoms with Crippen LogP contribution in [0.5, 0.6) is 5.88 Å². The van der Waals surface area contributed by atoms with E-state index in [9.17, 15) is 5.11 Å². The van der Waals surface area contributed by atoms with Crippen LogP contribution in [0, 0.1) is 11.8 Å². The smallest absolute Gasteiger partial charge is 0.217 e. The molecular weight excluding hydrogens is 306 g/mol. The van der Waals surface area contributed by atoms with Crippen molar-refractivity contribution in [3.63, 3.8) is 0 Å². The van der Waals surface area contributed by atoms with Gasteiger partial charge in [-0.25, -0.2) is 14.6 Å². The topological polar surface area (TPSA) is 76.3 Å². The number of nitrogens with zero attached hydrogens (tertiary/aromatic N) is 5. The number of likely N-dealkylation sites (tertiary alicyclic amines) is 1. The number of aromatic nitrogens is 4. The van der Waals surface area contributed by atoms with Gasteiger partial charge in [0, 0.05) is 31.4 Å². The van der Waals surface area contributed by atoms with Gasteiger partial charge in [0.05, 0.1) is 19.3 Å². The van der Waals surface area contributed by atoms with Crippen molar-refractivity contribution >= 4 is 0 Å². The average molecular weight is 329 g/mol. The number of methoxy groups -OCH3 is 1. The number of aliphatic hydroxyl groups is 1. The van der Waals surface area contributed by atoms with E-state index < -0.39 is 0 Å². The molecule has 1 saturated heterocycles. The van der Waals surface area contributed by atoms with Crippen LogP contribution in [0.25, 0.3) is 0 Å². The van der Waals surface area contributed by atoms with Crippen LogP contribution in [0.1, 0.15) is 24.4 Å². The van der Waals surface area contributed by atoms with Crippen molar-refractivity contribution < 1.29 is 9.84 Å². The van der Waals surface area contributed by atoms with Crippen molar-refractivity contribution in [3.8, 4) is 5.88 Å². The molecule has 7 heteroatoms. The first-order chi connectivity index (χ1) is 11.7. The van der Waals surface area contributed by atoms with E-state index in [1.807, 2.05) is 10.7 Å². The summed E-state index contributed by atoms with van der Waals surface area (Å²) in [6.07, 6.45) is 6.44. The third kappa shape index (κ3) is 2.89. The molecule has 1 N–H and O–H groups in total. The Balaban J connectivity index is 1.44. The maximum Gasteiger partial charge on any atom is 0.217 e. The summed E-state index contributed by atoms with van der Waals surface area (Å²) in [6.45, 7) is 2.90. The monoisotopic (exact) mass is 329 g/mol. The van der Waals surface area contributed by atoms with E-state index in [0.717, 1.165) is 38.0 Å². The van der Waals surface area contributed by atoms with E-state index in [4.69, 9.17) is 4.74 Å². The molecule has 3 heterocycles. The van der Waals surface area contributed by atoms with Gasteiger partial charge in [-0.1, -0.05) is 6.07 Å². The summed E-state index contributed by atoms with van der Waals surface area (Å²) in [7, 11) is 1.66. The summed E-state index contributed by atoms with van der Waals surface area (Å²) < 4.78 is 7.17. The lowest BCUT2D eigenvalue weighted by Crippen LogP contribution is -2.36. The molecule has 4 rings (SSSR count). The van der Waals surface area contributed by atoms with Crippen LogP contribution in [0.3, 0.4) is 0 Å². The minimum atomic E-state index is -0.346. The average Bonchev–Trinajstić information content (AvgIpc) is 3.23. The van der Waals surface area contributed by atoms with Gasteiger partial charge in [-0.15, -0.1) is 0 Å². The molecule has 0 aromatic carbocycles. The lowest BCUT2D eigenvalue weighted by atomic mass is 9.77. The van der Waals surface area contributed by atoms with Crippen LogP contribution >= 0.6 is 0 Å². The second-order valence-electron chi connectivity index (χ2n) is 6.87. The molecule has 4 atom stereocenters. The number of ether oxygens (including phenoxy) is 1. The fraction of sp³-hybridized carbons (Fsp3) is 0.588. The first-order valence-electron chi connectivity index (χ1n) is 8.47. The van der Waals surface area contributed by atoms with Crippen molar-refractivity contribution in [2.45, 2.75) is 31.5 Å². The van der Waals surface area contributed by atoms with Crippen molar-refractivity contribution in [2.24, 2.45) is 11.8 Å². The highest BCUT2D eigenvalue weighted by Crippen LogP contribution is 2.41. The highest BCUT2D eigenvalue weighted by Gasteiger charge is 2.42. The molecule has 1 aliphatic heterocycles. The van der Waals surface area contributed by atoms with E-state index in [1.54, 1.807) is 19.6 Å². The third-order valence-corrected chi connectivity index (χ3v) is 5.40. The van der Waals surface area contributed by atoms with Crippen LogP contribution in [-0.4, -0.2) is 56.1 Å². The third-order valence-electron chi connectivity index (χ3n) is 5.40. The summed E-state index contributed by atoms with van der Waals surface area (Å²) >= 11 is 0. The van der Waals surface area contributed by atoms with E-state index >= 15 is 0 Å². The number of hydrogen-bond acceptors (Lipinski definition) is 6. The molecule has 24 heavy (non-hydrogen) atoms. The Morgan fingerprint density at radius 3 is 2.88 bits per heavy atom. The lowest BCUT2D eigenvalue weighted by molar-refractivity contribution is 0.0304. The van der Waals surface area contributed by atoms with Crippen molar-refractivity contribution in [1.82, 2.24) is 24.6 Å². The van der Waals surface area contributed by atoms with Crippen molar-refractivity contribution in [2.75, 3.05) is 20.2 Å². The number of aliphatic hydroxyl groups excluding tert-OH is 1. The van der Waals surface area contributed by atoms with Crippen molar-refractivity contribution in [3.05, 3.63) is 36.5 Å². The quantitative estimate of drug-likeness (QED) is 0.906. The van der Waals surface area contributed by atoms with E-state index in [2.05, 4.69) is 26.0 Å². The molecule has 1 aliphatic carbocycles. The van der Waals surface area contributed by atoms with Gasteiger partial charge in [-0.05, 0) is 30.7 Å². The lowest BCUT2D eigenvalue weighted by Gasteiger charge is -2.35. The predicted molar refractivity (Wildman–Crippen MR) is 87.3 cm³/mol. The molecule has 0 bridgehead atoms. The second-order valence-corrected chi connectivity index (χ2v) is 6.87. The number of fused-ring (bicyclic) bond motifs is 1. The fourth-order valence-electron chi connectivity index (χ4n) is 4.28.